The van der Waals surface area contributed by atoms with Gasteiger partial charge in [-0.2, -0.15) is 0 Å². The maximum atomic E-state index is 13.3. The van der Waals surface area contributed by atoms with E-state index in [2.05, 4.69) is 20.9 Å². The molecule has 0 radical (unpaired) electrons. The van der Waals surface area contributed by atoms with Gasteiger partial charge in [0.2, 0.25) is 5.88 Å². The first kappa shape index (κ1) is 12.9. The average Bonchev–Trinajstić information content (AvgIpc) is 2.36. The molecule has 1 aromatic heterocycles. The summed E-state index contributed by atoms with van der Waals surface area (Å²) in [5, 5.41) is 0. The molecule has 0 aliphatic carbocycles. The van der Waals surface area contributed by atoms with Crippen molar-refractivity contribution in [2.75, 3.05) is 0 Å². The highest BCUT2D eigenvalue weighted by Crippen LogP contribution is 2.26. The molecule has 0 unspecified atom stereocenters. The first-order chi connectivity index (χ1) is 8.60. The molecule has 0 fully saturated rings. The Morgan fingerprint density at radius 3 is 2.72 bits per heavy atom. The van der Waals surface area contributed by atoms with Gasteiger partial charge in [0, 0.05) is 18.2 Å². The molecule has 2 N–H and O–H groups in total. The molecule has 3 nitrogen and oxygen atoms in total. The number of nitrogens with zero attached hydrogens (tertiary/aromatic N) is 1. The fourth-order valence-electron chi connectivity index (χ4n) is 1.36. The van der Waals surface area contributed by atoms with Crippen molar-refractivity contribution in [2.45, 2.75) is 6.54 Å². The second-order valence-corrected chi connectivity index (χ2v) is 4.35. The molecule has 2 rings (SSSR count). The minimum atomic E-state index is -0.496. The molecule has 0 aliphatic rings. The zero-order valence-electron chi connectivity index (χ0n) is 9.16. The summed E-state index contributed by atoms with van der Waals surface area (Å²) < 4.78 is 32.0. The van der Waals surface area contributed by atoms with Gasteiger partial charge in [-0.05, 0) is 34.1 Å². The third-order valence-electron chi connectivity index (χ3n) is 2.22. The van der Waals surface area contributed by atoms with Crippen molar-refractivity contribution in [3.8, 4) is 11.6 Å². The first-order valence-corrected chi connectivity index (χ1v) is 5.87. The highest BCUT2D eigenvalue weighted by molar-refractivity contribution is 9.10. The molecule has 18 heavy (non-hydrogen) atoms. The molecule has 0 saturated heterocycles. The van der Waals surface area contributed by atoms with E-state index in [9.17, 15) is 8.78 Å². The Morgan fingerprint density at radius 2 is 2.06 bits per heavy atom. The van der Waals surface area contributed by atoms with Gasteiger partial charge in [-0.3, -0.25) is 0 Å². The van der Waals surface area contributed by atoms with Crippen LogP contribution >= 0.6 is 15.9 Å². The molecule has 0 amide bonds. The number of benzene rings is 1. The van der Waals surface area contributed by atoms with Crippen LogP contribution in [0.15, 0.2) is 34.9 Å². The highest BCUT2D eigenvalue weighted by atomic mass is 79.9. The zero-order chi connectivity index (χ0) is 13.1. The third-order valence-corrected chi connectivity index (χ3v) is 2.86. The molecule has 0 bridgehead atoms. The summed E-state index contributed by atoms with van der Waals surface area (Å²) in [6.07, 6.45) is 1.02. The van der Waals surface area contributed by atoms with E-state index in [0.717, 1.165) is 6.20 Å². The molecule has 94 valence electrons. The summed E-state index contributed by atoms with van der Waals surface area (Å²) in [5.41, 5.74) is 5.87. The second-order valence-electron chi connectivity index (χ2n) is 3.50. The van der Waals surface area contributed by atoms with Crippen LogP contribution in [0.4, 0.5) is 8.78 Å². The second kappa shape index (κ2) is 5.41. The van der Waals surface area contributed by atoms with Gasteiger partial charge in [-0.25, -0.2) is 13.8 Å². The molecular formula is C12H9BrF2N2O. The quantitative estimate of drug-likeness (QED) is 0.945. The van der Waals surface area contributed by atoms with Crippen molar-refractivity contribution >= 4 is 15.9 Å². The first-order valence-electron chi connectivity index (χ1n) is 5.07. The van der Waals surface area contributed by atoms with Crippen LogP contribution in [-0.2, 0) is 6.54 Å². The SMILES string of the molecule is NCc1cc(F)cnc1Oc1ccc(Br)c(F)c1. The Kier molecular flexibility index (Phi) is 3.88. The number of hydrogen-bond acceptors (Lipinski definition) is 3. The Balaban J connectivity index is 2.30. The average molecular weight is 315 g/mol. The largest absolute Gasteiger partial charge is 0.439 e. The van der Waals surface area contributed by atoms with Crippen molar-refractivity contribution in [2.24, 2.45) is 5.73 Å². The number of hydrogen-bond donors (Lipinski definition) is 1. The van der Waals surface area contributed by atoms with Gasteiger partial charge in [0.25, 0.3) is 0 Å². The van der Waals surface area contributed by atoms with Gasteiger partial charge in [0.05, 0.1) is 10.7 Å². The van der Waals surface area contributed by atoms with Gasteiger partial charge >= 0.3 is 0 Å². The Bertz CT molecular complexity index is 578. The van der Waals surface area contributed by atoms with Gasteiger partial charge in [-0.15, -0.1) is 0 Å². The molecule has 0 aliphatic heterocycles. The summed E-state index contributed by atoms with van der Waals surface area (Å²) in [6.45, 7) is 0.0824. The van der Waals surface area contributed by atoms with Crippen LogP contribution in [-0.4, -0.2) is 4.98 Å². The standard InChI is InChI=1S/C12H9BrF2N2O/c13-10-2-1-9(4-11(10)15)18-12-7(5-16)3-8(14)6-17-12/h1-4,6H,5,16H2. The number of pyridine rings is 1. The van der Waals surface area contributed by atoms with Crippen molar-refractivity contribution in [3.05, 3.63) is 52.1 Å². The van der Waals surface area contributed by atoms with Crippen molar-refractivity contribution in [1.82, 2.24) is 4.98 Å². The van der Waals surface area contributed by atoms with E-state index in [1.54, 1.807) is 6.07 Å². The molecule has 1 heterocycles. The fraction of sp³-hybridized carbons (Fsp3) is 0.0833. The van der Waals surface area contributed by atoms with E-state index in [0.29, 0.717) is 10.0 Å². The molecule has 1 aromatic carbocycles. The molecule has 2 aromatic rings. The molecule has 0 atom stereocenters. The summed E-state index contributed by atoms with van der Waals surface area (Å²) in [7, 11) is 0. The number of ether oxygens (including phenoxy) is 1. The van der Waals surface area contributed by atoms with Crippen LogP contribution in [0.25, 0.3) is 0 Å². The smallest absolute Gasteiger partial charge is 0.223 e. The summed E-state index contributed by atoms with van der Waals surface area (Å²) in [6, 6.07) is 5.52. The molecule has 0 spiro atoms. The monoisotopic (exact) mass is 314 g/mol. The fourth-order valence-corrected chi connectivity index (χ4v) is 1.61. The maximum absolute atomic E-state index is 13.3. The van der Waals surface area contributed by atoms with Crippen molar-refractivity contribution in [3.63, 3.8) is 0 Å². The zero-order valence-corrected chi connectivity index (χ0v) is 10.7. The minimum Gasteiger partial charge on any atom is -0.439 e. The maximum Gasteiger partial charge on any atom is 0.223 e. The van der Waals surface area contributed by atoms with E-state index >= 15 is 0 Å². The Morgan fingerprint density at radius 1 is 1.28 bits per heavy atom. The highest BCUT2D eigenvalue weighted by Gasteiger charge is 2.08. The van der Waals surface area contributed by atoms with Gasteiger partial charge in [0.1, 0.15) is 17.4 Å². The number of aromatic nitrogens is 1. The topological polar surface area (TPSA) is 48.1 Å². The number of halogens is 3. The van der Waals surface area contributed by atoms with E-state index in [-0.39, 0.29) is 18.2 Å². The predicted octanol–water partition coefficient (Wildman–Crippen LogP) is 3.37. The lowest BCUT2D eigenvalue weighted by molar-refractivity contribution is 0.447. The lowest BCUT2D eigenvalue weighted by atomic mass is 10.2. The summed E-state index contributed by atoms with van der Waals surface area (Å²) >= 11 is 3.04. The van der Waals surface area contributed by atoms with Crippen LogP contribution in [0.2, 0.25) is 0 Å². The lowest BCUT2D eigenvalue weighted by Gasteiger charge is -2.09. The minimum absolute atomic E-state index is 0.0824. The van der Waals surface area contributed by atoms with E-state index in [4.69, 9.17) is 10.5 Å². The van der Waals surface area contributed by atoms with E-state index in [1.165, 1.54) is 18.2 Å². The van der Waals surface area contributed by atoms with Crippen LogP contribution in [0, 0.1) is 11.6 Å². The van der Waals surface area contributed by atoms with Gasteiger partial charge in [0.15, 0.2) is 0 Å². The third kappa shape index (κ3) is 2.83. The number of nitrogens with two attached hydrogens (primary N) is 1. The number of rotatable bonds is 3. The van der Waals surface area contributed by atoms with E-state index < -0.39 is 11.6 Å². The Labute approximate surface area is 111 Å². The van der Waals surface area contributed by atoms with Crippen LogP contribution in [0.3, 0.4) is 0 Å². The molecule has 0 saturated carbocycles. The van der Waals surface area contributed by atoms with E-state index in [1.807, 2.05) is 0 Å². The summed E-state index contributed by atoms with van der Waals surface area (Å²) in [5.74, 6) is -0.515. The van der Waals surface area contributed by atoms with Gasteiger partial charge < -0.3 is 10.5 Å². The molecule has 6 heteroatoms. The van der Waals surface area contributed by atoms with Crippen LogP contribution in [0.1, 0.15) is 5.56 Å². The van der Waals surface area contributed by atoms with Crippen molar-refractivity contribution < 1.29 is 13.5 Å². The van der Waals surface area contributed by atoms with Crippen molar-refractivity contribution in [1.29, 1.82) is 0 Å². The van der Waals surface area contributed by atoms with Crippen LogP contribution < -0.4 is 10.5 Å². The lowest BCUT2D eigenvalue weighted by Crippen LogP contribution is -2.02. The Hall–Kier alpha value is -1.53. The summed E-state index contributed by atoms with van der Waals surface area (Å²) in [4.78, 5) is 3.79. The molecular weight excluding hydrogens is 306 g/mol. The normalized spacial score (nSPS) is 10.4. The van der Waals surface area contributed by atoms with Gasteiger partial charge in [-0.1, -0.05) is 0 Å². The predicted molar refractivity (Wildman–Crippen MR) is 66.3 cm³/mol. The van der Waals surface area contributed by atoms with Crippen LogP contribution in [0.5, 0.6) is 11.6 Å².